The predicted octanol–water partition coefficient (Wildman–Crippen LogP) is 3.90. The minimum atomic E-state index is -0.186. The van der Waals surface area contributed by atoms with E-state index >= 15 is 0 Å². The third kappa shape index (κ3) is 4.77. The number of furan rings is 1. The van der Waals surface area contributed by atoms with Gasteiger partial charge in [0.2, 0.25) is 5.91 Å². The number of nitrogens with zero attached hydrogens (tertiary/aromatic N) is 1. The minimum Gasteiger partial charge on any atom is -0.468 e. The van der Waals surface area contributed by atoms with Gasteiger partial charge in [0.1, 0.15) is 5.76 Å². The van der Waals surface area contributed by atoms with Crippen molar-refractivity contribution in [1.29, 1.82) is 0 Å². The third-order valence-electron chi connectivity index (χ3n) is 3.23. The van der Waals surface area contributed by atoms with E-state index in [4.69, 9.17) is 27.6 Å². The summed E-state index contributed by atoms with van der Waals surface area (Å²) < 4.78 is 5.26. The molecule has 0 radical (unpaired) electrons. The molecule has 1 heterocycles. The number of carbonyl (C=O) groups is 1. The Kier molecular flexibility index (Phi) is 5.89. The number of amides is 1. The molecule has 1 aromatic heterocycles. The van der Waals surface area contributed by atoms with Crippen molar-refractivity contribution in [2.24, 2.45) is 0 Å². The molecule has 22 heavy (non-hydrogen) atoms. The molecule has 0 aliphatic heterocycles. The molecule has 1 aromatic carbocycles. The topological polar surface area (TPSA) is 45.5 Å². The van der Waals surface area contributed by atoms with E-state index in [0.717, 1.165) is 11.3 Å². The number of benzene rings is 1. The lowest BCUT2D eigenvalue weighted by atomic mass is 10.1. The predicted molar refractivity (Wildman–Crippen MR) is 88.1 cm³/mol. The molecule has 0 saturated carbocycles. The summed E-state index contributed by atoms with van der Waals surface area (Å²) >= 11 is 12.0. The lowest BCUT2D eigenvalue weighted by molar-refractivity contribution is -0.122. The van der Waals surface area contributed by atoms with Gasteiger partial charge in [-0.2, -0.15) is 0 Å². The molecular weight excluding hydrogens is 323 g/mol. The third-order valence-corrected chi connectivity index (χ3v) is 3.79. The zero-order valence-electron chi connectivity index (χ0n) is 12.5. The molecule has 1 unspecified atom stereocenters. The highest BCUT2D eigenvalue weighted by molar-refractivity contribution is 6.35. The van der Waals surface area contributed by atoms with Crippen LogP contribution >= 0.6 is 23.2 Å². The van der Waals surface area contributed by atoms with Gasteiger partial charge in [0.05, 0.1) is 25.4 Å². The minimum absolute atomic E-state index is 0.0763. The largest absolute Gasteiger partial charge is 0.468 e. The van der Waals surface area contributed by atoms with Gasteiger partial charge in [-0.15, -0.1) is 0 Å². The second kappa shape index (κ2) is 7.68. The summed E-state index contributed by atoms with van der Waals surface area (Å²) in [6, 6.07) is 8.77. The molecule has 0 fully saturated rings. The van der Waals surface area contributed by atoms with E-state index in [2.05, 4.69) is 5.32 Å². The number of rotatable bonds is 6. The van der Waals surface area contributed by atoms with Gasteiger partial charge >= 0.3 is 0 Å². The van der Waals surface area contributed by atoms with Gasteiger partial charge in [-0.3, -0.25) is 9.69 Å². The van der Waals surface area contributed by atoms with E-state index in [9.17, 15) is 4.79 Å². The zero-order chi connectivity index (χ0) is 16.1. The quantitative estimate of drug-likeness (QED) is 0.867. The van der Waals surface area contributed by atoms with Crippen LogP contribution in [0.25, 0.3) is 0 Å². The van der Waals surface area contributed by atoms with Crippen LogP contribution in [0.1, 0.15) is 24.3 Å². The van der Waals surface area contributed by atoms with Crippen molar-refractivity contribution in [3.8, 4) is 0 Å². The fourth-order valence-corrected chi connectivity index (χ4v) is 2.76. The summed E-state index contributed by atoms with van der Waals surface area (Å²) in [6.07, 6.45) is 1.62. The Hall–Kier alpha value is -1.49. The summed E-state index contributed by atoms with van der Waals surface area (Å²) in [5.74, 6) is 0.747. The highest BCUT2D eigenvalue weighted by Crippen LogP contribution is 2.25. The first-order valence-corrected chi connectivity index (χ1v) is 7.66. The van der Waals surface area contributed by atoms with Gasteiger partial charge in [0.15, 0.2) is 0 Å². The van der Waals surface area contributed by atoms with Gasteiger partial charge in [-0.25, -0.2) is 0 Å². The summed E-state index contributed by atoms with van der Waals surface area (Å²) in [4.78, 5) is 14.0. The number of likely N-dealkylation sites (N-methyl/N-ethyl adjacent to an activating group) is 1. The highest BCUT2D eigenvalue weighted by Gasteiger charge is 2.14. The SMILES string of the molecule is CC(NC(=O)CN(C)Cc1ccco1)c1ccc(Cl)cc1Cl. The molecule has 1 atom stereocenters. The van der Waals surface area contributed by atoms with Crippen LogP contribution in [-0.4, -0.2) is 24.4 Å². The smallest absolute Gasteiger partial charge is 0.234 e. The van der Waals surface area contributed by atoms with Crippen molar-refractivity contribution in [3.05, 3.63) is 58.0 Å². The Morgan fingerprint density at radius 1 is 1.36 bits per heavy atom. The average Bonchev–Trinajstić information content (AvgIpc) is 2.90. The van der Waals surface area contributed by atoms with Crippen LogP contribution in [0.3, 0.4) is 0 Å². The number of halogens is 2. The maximum Gasteiger partial charge on any atom is 0.234 e. The monoisotopic (exact) mass is 340 g/mol. The molecule has 4 nitrogen and oxygen atoms in total. The lowest BCUT2D eigenvalue weighted by Crippen LogP contribution is -2.36. The number of hydrogen-bond acceptors (Lipinski definition) is 3. The van der Waals surface area contributed by atoms with E-state index in [1.54, 1.807) is 18.4 Å². The first-order chi connectivity index (χ1) is 10.5. The van der Waals surface area contributed by atoms with Crippen LogP contribution in [0.4, 0.5) is 0 Å². The van der Waals surface area contributed by atoms with Crippen LogP contribution < -0.4 is 5.32 Å². The van der Waals surface area contributed by atoms with E-state index in [1.165, 1.54) is 0 Å². The van der Waals surface area contributed by atoms with Gasteiger partial charge in [-0.05, 0) is 43.8 Å². The van der Waals surface area contributed by atoms with Crippen molar-refractivity contribution in [3.63, 3.8) is 0 Å². The molecule has 6 heteroatoms. The maximum atomic E-state index is 12.1. The van der Waals surface area contributed by atoms with Crippen LogP contribution in [-0.2, 0) is 11.3 Å². The number of carbonyl (C=O) groups excluding carboxylic acids is 1. The van der Waals surface area contributed by atoms with E-state index < -0.39 is 0 Å². The second-order valence-corrected chi connectivity index (χ2v) is 6.05. The Morgan fingerprint density at radius 2 is 2.14 bits per heavy atom. The number of nitrogens with one attached hydrogen (secondary N) is 1. The highest BCUT2D eigenvalue weighted by atomic mass is 35.5. The van der Waals surface area contributed by atoms with E-state index in [-0.39, 0.29) is 18.5 Å². The Labute approximate surface area is 140 Å². The van der Waals surface area contributed by atoms with Gasteiger partial charge in [0, 0.05) is 10.0 Å². The fraction of sp³-hybridized carbons (Fsp3) is 0.312. The van der Waals surface area contributed by atoms with Gasteiger partial charge in [-0.1, -0.05) is 29.3 Å². The number of hydrogen-bond donors (Lipinski definition) is 1. The molecule has 2 rings (SSSR count). The van der Waals surface area contributed by atoms with Crippen LogP contribution in [0.5, 0.6) is 0 Å². The average molecular weight is 341 g/mol. The van der Waals surface area contributed by atoms with Crippen molar-refractivity contribution >= 4 is 29.1 Å². The molecule has 118 valence electrons. The van der Waals surface area contributed by atoms with Crippen LogP contribution in [0.15, 0.2) is 41.0 Å². The summed E-state index contributed by atoms with van der Waals surface area (Å²) in [7, 11) is 1.86. The van der Waals surface area contributed by atoms with Crippen LogP contribution in [0.2, 0.25) is 10.0 Å². The zero-order valence-corrected chi connectivity index (χ0v) is 14.0. The summed E-state index contributed by atoms with van der Waals surface area (Å²) in [5, 5.41) is 4.05. The van der Waals surface area contributed by atoms with E-state index in [0.29, 0.717) is 16.6 Å². The van der Waals surface area contributed by atoms with Crippen molar-refractivity contribution in [1.82, 2.24) is 10.2 Å². The Morgan fingerprint density at radius 3 is 2.77 bits per heavy atom. The molecule has 1 amide bonds. The molecular formula is C16H18Cl2N2O2. The van der Waals surface area contributed by atoms with Crippen molar-refractivity contribution < 1.29 is 9.21 Å². The Balaban J connectivity index is 1.88. The normalized spacial score (nSPS) is 12.4. The summed E-state index contributed by atoms with van der Waals surface area (Å²) in [5.41, 5.74) is 0.841. The van der Waals surface area contributed by atoms with Gasteiger partial charge in [0.25, 0.3) is 0 Å². The summed E-state index contributed by atoms with van der Waals surface area (Å²) in [6.45, 7) is 2.74. The van der Waals surface area contributed by atoms with Crippen LogP contribution in [0, 0.1) is 0 Å². The standard InChI is InChI=1S/C16H18Cl2N2O2/c1-11(14-6-5-12(17)8-15(14)18)19-16(21)10-20(2)9-13-4-3-7-22-13/h3-8,11H,9-10H2,1-2H3,(H,19,21). The lowest BCUT2D eigenvalue weighted by Gasteiger charge is -2.19. The first-order valence-electron chi connectivity index (χ1n) is 6.91. The fourth-order valence-electron chi connectivity index (χ4n) is 2.19. The molecule has 1 N–H and O–H groups in total. The molecule has 0 aliphatic carbocycles. The first kappa shape index (κ1) is 16.9. The van der Waals surface area contributed by atoms with Gasteiger partial charge < -0.3 is 9.73 Å². The maximum absolute atomic E-state index is 12.1. The van der Waals surface area contributed by atoms with Crippen molar-refractivity contribution in [2.45, 2.75) is 19.5 Å². The van der Waals surface area contributed by atoms with Crippen molar-refractivity contribution in [2.75, 3.05) is 13.6 Å². The molecule has 0 aliphatic rings. The molecule has 0 spiro atoms. The van der Waals surface area contributed by atoms with E-state index in [1.807, 2.05) is 37.1 Å². The molecule has 2 aromatic rings. The Bertz CT molecular complexity index is 629. The molecule has 0 bridgehead atoms. The second-order valence-electron chi connectivity index (χ2n) is 5.21. The molecule has 0 saturated heterocycles.